The topological polar surface area (TPSA) is 64.6 Å². The van der Waals surface area contributed by atoms with Crippen LogP contribution in [0.15, 0.2) is 30.3 Å². The van der Waals surface area contributed by atoms with Crippen LogP contribution in [0.5, 0.6) is 40.2 Å². The molecule has 4 rings (SSSR count). The summed E-state index contributed by atoms with van der Waals surface area (Å²) in [6.45, 7) is 19.8. The van der Waals surface area contributed by atoms with Crippen LogP contribution in [0.1, 0.15) is 170 Å². The molecule has 0 aliphatic rings. The molecular weight excluding hydrogens is 725 g/mol. The smallest absolute Gasteiger partial charge is 0.204 e. The summed E-state index contributed by atoms with van der Waals surface area (Å²) in [4.78, 5) is 0. The number of benzene rings is 4. The van der Waals surface area contributed by atoms with Crippen molar-refractivity contribution >= 4 is 32.3 Å². The van der Waals surface area contributed by atoms with Crippen molar-refractivity contribution < 1.29 is 33.2 Å². The van der Waals surface area contributed by atoms with Crippen LogP contribution in [0.2, 0.25) is 0 Å². The van der Waals surface area contributed by atoms with E-state index in [9.17, 15) is 0 Å². The third-order valence-corrected chi connectivity index (χ3v) is 10.7. The highest BCUT2D eigenvalue weighted by Gasteiger charge is 2.25. The predicted octanol–water partition coefficient (Wildman–Crippen LogP) is 15.3. The monoisotopic (exact) mass is 803 g/mol. The van der Waals surface area contributed by atoms with Gasteiger partial charge in [-0.2, -0.15) is 0 Å². The fraction of sp³-hybridized carbons (Fsp3) is 0.647. The van der Waals surface area contributed by atoms with Gasteiger partial charge in [-0.15, -0.1) is 0 Å². The second-order valence-electron chi connectivity index (χ2n) is 15.8. The highest BCUT2D eigenvalue weighted by molar-refractivity contribution is 6.28. The molecule has 4 aromatic rings. The Morgan fingerprint density at radius 1 is 0.259 bits per heavy atom. The largest absolute Gasteiger partial charge is 0.490 e. The lowest BCUT2D eigenvalue weighted by Crippen LogP contribution is -2.07. The van der Waals surface area contributed by atoms with E-state index < -0.39 is 0 Å². The highest BCUT2D eigenvalue weighted by atomic mass is 16.5. The molecule has 58 heavy (non-hydrogen) atoms. The summed E-state index contributed by atoms with van der Waals surface area (Å²) in [5, 5.41) is 6.25. The molecule has 0 radical (unpaired) electrons. The van der Waals surface area contributed by atoms with Gasteiger partial charge in [-0.3, -0.25) is 0 Å². The quantitative estimate of drug-likeness (QED) is 0.0351. The Morgan fingerprint density at radius 3 is 0.862 bits per heavy atom. The Hall–Kier alpha value is -3.74. The van der Waals surface area contributed by atoms with Gasteiger partial charge in [0.2, 0.25) is 5.75 Å². The summed E-state index contributed by atoms with van der Waals surface area (Å²) >= 11 is 0. The average Bonchev–Trinajstić information content (AvgIpc) is 3.23. The molecule has 0 atom stereocenters. The maximum atomic E-state index is 6.91. The summed E-state index contributed by atoms with van der Waals surface area (Å²) in [5.41, 5.74) is 0. The first kappa shape index (κ1) is 46.9. The van der Waals surface area contributed by atoms with Gasteiger partial charge in [0.1, 0.15) is 0 Å². The molecule has 324 valence electrons. The summed E-state index contributed by atoms with van der Waals surface area (Å²) in [6.07, 6.45) is 20.1. The second-order valence-corrected chi connectivity index (χ2v) is 15.8. The molecule has 0 bridgehead atoms. The van der Waals surface area contributed by atoms with Gasteiger partial charge >= 0.3 is 0 Å². The molecule has 0 aromatic heterocycles. The third-order valence-electron chi connectivity index (χ3n) is 10.7. The number of hydrogen-bond donors (Lipinski definition) is 0. The van der Waals surface area contributed by atoms with Crippen molar-refractivity contribution in [1.29, 1.82) is 0 Å². The van der Waals surface area contributed by atoms with Crippen LogP contribution in [0, 0.1) is 0 Å². The van der Waals surface area contributed by atoms with Crippen LogP contribution in [0.3, 0.4) is 0 Å². The van der Waals surface area contributed by atoms with Gasteiger partial charge in [0.25, 0.3) is 0 Å². The van der Waals surface area contributed by atoms with Gasteiger partial charge in [0, 0.05) is 5.39 Å². The fourth-order valence-electron chi connectivity index (χ4n) is 7.23. The van der Waals surface area contributed by atoms with Crippen LogP contribution >= 0.6 is 0 Å². The van der Waals surface area contributed by atoms with Gasteiger partial charge in [-0.05, 0) is 102 Å². The van der Waals surface area contributed by atoms with Crippen LogP contribution in [0.4, 0.5) is 0 Å². The average molecular weight is 803 g/mol. The molecule has 0 unspecified atom stereocenters. The van der Waals surface area contributed by atoms with Crippen LogP contribution in [-0.4, -0.2) is 46.2 Å². The minimum absolute atomic E-state index is 0.573. The van der Waals surface area contributed by atoms with Gasteiger partial charge in [0.05, 0.1) is 46.2 Å². The second kappa shape index (κ2) is 27.1. The minimum atomic E-state index is 0.573. The summed E-state index contributed by atoms with van der Waals surface area (Å²) in [5.74, 6) is 5.24. The van der Waals surface area contributed by atoms with E-state index in [2.05, 4.69) is 78.8 Å². The molecule has 7 nitrogen and oxygen atoms in total. The normalized spacial score (nSPS) is 11.4. The minimum Gasteiger partial charge on any atom is -0.490 e. The van der Waals surface area contributed by atoms with Crippen molar-refractivity contribution in [3.8, 4) is 40.2 Å². The van der Waals surface area contributed by atoms with E-state index >= 15 is 0 Å². The van der Waals surface area contributed by atoms with Gasteiger partial charge < -0.3 is 33.2 Å². The molecule has 0 aliphatic carbocycles. The zero-order chi connectivity index (χ0) is 41.4. The number of hydrogen-bond acceptors (Lipinski definition) is 7. The molecule has 7 heteroatoms. The van der Waals surface area contributed by atoms with Crippen molar-refractivity contribution in [1.82, 2.24) is 0 Å². The Balaban J connectivity index is 2.14. The number of fused-ring (bicyclic) bond motifs is 6. The van der Waals surface area contributed by atoms with Crippen molar-refractivity contribution in [2.75, 3.05) is 46.2 Å². The Kier molecular flexibility index (Phi) is 21.9. The standard InChI is InChI=1S/C51H78O7/c1-8-15-22-29-52-44-34-39-40-35-46(54-31-24-17-10-3)47(55-32-25-18-11-4)37-42(40)49-43(41(39)36-45(44)53-30-23-16-9-2)38-48(56-33-26-19-12-5)50(57-27-20-13-6)51(49)58-28-21-14-7/h34-38H,8-33H2,1-7H3. The van der Waals surface area contributed by atoms with E-state index in [0.717, 1.165) is 189 Å². The van der Waals surface area contributed by atoms with E-state index in [1.54, 1.807) is 0 Å². The SMILES string of the molecule is CCCCCOc1cc2c3cc(OCCCCC)c(OCCCCC)cc3c3c(OCCCC)c(OCCCC)c(OCCCCC)cc3c2cc1OCCCCC. The maximum Gasteiger partial charge on any atom is 0.204 e. The lowest BCUT2D eigenvalue weighted by Gasteiger charge is -2.23. The van der Waals surface area contributed by atoms with E-state index in [-0.39, 0.29) is 0 Å². The lowest BCUT2D eigenvalue weighted by atomic mass is 9.92. The number of unbranched alkanes of at least 4 members (excludes halogenated alkanes) is 12. The molecule has 0 amide bonds. The number of ether oxygens (including phenoxy) is 7. The van der Waals surface area contributed by atoms with Crippen molar-refractivity contribution in [2.45, 2.75) is 170 Å². The zero-order valence-corrected chi connectivity index (χ0v) is 37.6. The first-order valence-corrected chi connectivity index (χ1v) is 23.5. The van der Waals surface area contributed by atoms with E-state index in [0.29, 0.717) is 52.0 Å². The zero-order valence-electron chi connectivity index (χ0n) is 37.6. The molecule has 0 saturated carbocycles. The van der Waals surface area contributed by atoms with E-state index in [1.165, 1.54) is 0 Å². The van der Waals surface area contributed by atoms with Crippen molar-refractivity contribution in [3.63, 3.8) is 0 Å². The first-order chi connectivity index (χ1) is 28.6. The molecule has 0 N–H and O–H groups in total. The third kappa shape index (κ3) is 13.7. The van der Waals surface area contributed by atoms with Crippen LogP contribution in [0.25, 0.3) is 32.3 Å². The molecule has 0 heterocycles. The molecule has 0 spiro atoms. The van der Waals surface area contributed by atoms with Gasteiger partial charge in [0.15, 0.2) is 34.5 Å². The van der Waals surface area contributed by atoms with E-state index in [1.807, 2.05) is 0 Å². The van der Waals surface area contributed by atoms with Gasteiger partial charge in [-0.25, -0.2) is 0 Å². The summed E-state index contributed by atoms with van der Waals surface area (Å²) in [6, 6.07) is 11.0. The van der Waals surface area contributed by atoms with Crippen molar-refractivity contribution in [3.05, 3.63) is 30.3 Å². The molecule has 0 fully saturated rings. The Labute approximate surface area is 351 Å². The Morgan fingerprint density at radius 2 is 0.517 bits per heavy atom. The van der Waals surface area contributed by atoms with Crippen molar-refractivity contribution in [2.24, 2.45) is 0 Å². The lowest BCUT2D eigenvalue weighted by molar-refractivity contribution is 0.239. The predicted molar refractivity (Wildman–Crippen MR) is 245 cm³/mol. The van der Waals surface area contributed by atoms with E-state index in [4.69, 9.17) is 33.2 Å². The highest BCUT2D eigenvalue weighted by Crippen LogP contribution is 2.52. The fourth-order valence-corrected chi connectivity index (χ4v) is 7.23. The molecular formula is C51H78O7. The Bertz CT molecular complexity index is 1720. The van der Waals surface area contributed by atoms with Gasteiger partial charge in [-0.1, -0.05) is 126 Å². The molecule has 0 aliphatic heterocycles. The summed E-state index contributed by atoms with van der Waals surface area (Å²) < 4.78 is 46.8. The first-order valence-electron chi connectivity index (χ1n) is 23.5. The summed E-state index contributed by atoms with van der Waals surface area (Å²) in [7, 11) is 0. The molecule has 4 aromatic carbocycles. The number of rotatable bonds is 33. The van der Waals surface area contributed by atoms with Crippen LogP contribution in [-0.2, 0) is 0 Å². The molecule has 0 saturated heterocycles. The maximum absolute atomic E-state index is 6.91. The van der Waals surface area contributed by atoms with Crippen LogP contribution < -0.4 is 33.2 Å².